The molecule has 0 bridgehead atoms. The fraction of sp³-hybridized carbons (Fsp3) is 0.963. The van der Waals surface area contributed by atoms with Gasteiger partial charge in [-0.05, 0) is 107 Å². The molecule has 0 aromatic carbocycles. The van der Waals surface area contributed by atoms with E-state index in [0.717, 1.165) is 19.3 Å². The summed E-state index contributed by atoms with van der Waals surface area (Å²) in [4.78, 5) is 0. The number of aliphatic hydroxyl groups is 15. The maximum atomic E-state index is 12.7. The van der Waals surface area contributed by atoms with Crippen LogP contribution in [0.25, 0.3) is 0 Å². The van der Waals surface area contributed by atoms with Crippen molar-refractivity contribution >= 4 is 0 Å². The molecule has 0 aromatic heterocycles. The van der Waals surface area contributed by atoms with Gasteiger partial charge in [-0.25, -0.2) is 0 Å². The zero-order valence-corrected chi connectivity index (χ0v) is 45.9. The summed E-state index contributed by atoms with van der Waals surface area (Å²) >= 11 is 0. The van der Waals surface area contributed by atoms with E-state index >= 15 is 0 Å². The molecule has 30 atom stereocenters. The third-order valence-corrected chi connectivity index (χ3v) is 20.8. The van der Waals surface area contributed by atoms with Crippen LogP contribution in [0.3, 0.4) is 0 Å². The van der Waals surface area contributed by atoms with Gasteiger partial charge in [0.2, 0.25) is 0 Å². The van der Waals surface area contributed by atoms with Crippen molar-refractivity contribution in [3.05, 3.63) is 11.6 Å². The molecule has 77 heavy (non-hydrogen) atoms. The number of allylic oxidation sites excluding steroid dienone is 1. The first-order valence-electron chi connectivity index (χ1n) is 27.9. The predicted octanol–water partition coefficient (Wildman–Crippen LogP) is -2.20. The summed E-state index contributed by atoms with van der Waals surface area (Å²) in [6.07, 6.45) is -26.0. The molecule has 8 aliphatic rings. The van der Waals surface area contributed by atoms with Crippen LogP contribution >= 0.6 is 0 Å². The molecule has 3 unspecified atom stereocenters. The van der Waals surface area contributed by atoms with Crippen molar-refractivity contribution in [3.8, 4) is 0 Å². The number of hydrogen-bond donors (Lipinski definition) is 15. The average Bonchev–Trinajstić information content (AvgIpc) is 3.74. The highest BCUT2D eigenvalue weighted by molar-refractivity contribution is 5.32. The monoisotopic (exact) mass is 1110 g/mol. The Hall–Kier alpha value is -1.18. The summed E-state index contributed by atoms with van der Waals surface area (Å²) in [6, 6.07) is 0. The molecule has 4 heterocycles. The Morgan fingerprint density at radius 1 is 0.597 bits per heavy atom. The number of rotatable bonds is 16. The second-order valence-corrected chi connectivity index (χ2v) is 25.8. The quantitative estimate of drug-likeness (QED) is 0.0729. The average molecular weight is 1110 g/mol. The van der Waals surface area contributed by atoms with Gasteiger partial charge in [0.25, 0.3) is 0 Å². The van der Waals surface area contributed by atoms with Crippen LogP contribution in [0.4, 0.5) is 0 Å². The van der Waals surface area contributed by atoms with E-state index in [4.69, 9.17) is 37.9 Å². The van der Waals surface area contributed by atoms with E-state index in [1.54, 1.807) is 13.8 Å². The van der Waals surface area contributed by atoms with Crippen LogP contribution in [0.1, 0.15) is 114 Å². The van der Waals surface area contributed by atoms with E-state index in [9.17, 15) is 76.6 Å². The van der Waals surface area contributed by atoms with Crippen LogP contribution in [0.2, 0.25) is 0 Å². The number of hydrogen-bond acceptors (Lipinski definition) is 23. The van der Waals surface area contributed by atoms with E-state index in [1.165, 1.54) is 12.5 Å². The fourth-order valence-corrected chi connectivity index (χ4v) is 15.7. The van der Waals surface area contributed by atoms with Crippen molar-refractivity contribution in [2.45, 2.75) is 260 Å². The molecule has 4 aliphatic carbocycles. The number of ether oxygens (including phenoxy) is 8. The maximum absolute atomic E-state index is 12.7. The molecule has 0 amide bonds. The third kappa shape index (κ3) is 10.8. The minimum atomic E-state index is -1.97. The van der Waals surface area contributed by atoms with Crippen molar-refractivity contribution < 1.29 is 114 Å². The summed E-state index contributed by atoms with van der Waals surface area (Å²) in [5.74, 6) is 0.404. The number of fused-ring (bicyclic) bond motifs is 5. The highest BCUT2D eigenvalue weighted by Gasteiger charge is 2.70. The predicted molar refractivity (Wildman–Crippen MR) is 266 cm³/mol. The van der Waals surface area contributed by atoms with Crippen LogP contribution in [0.15, 0.2) is 11.6 Å². The van der Waals surface area contributed by atoms with Gasteiger partial charge in [0.05, 0.1) is 49.8 Å². The molecule has 0 aromatic rings. The fourth-order valence-electron chi connectivity index (χ4n) is 15.7. The molecule has 23 nitrogen and oxygen atoms in total. The summed E-state index contributed by atoms with van der Waals surface area (Å²) < 4.78 is 47.8. The van der Waals surface area contributed by atoms with Gasteiger partial charge in [0, 0.05) is 10.8 Å². The molecular formula is C54H92O23. The summed E-state index contributed by atoms with van der Waals surface area (Å²) in [7, 11) is 0. The first-order valence-corrected chi connectivity index (χ1v) is 27.9. The number of aliphatic hydroxyl groups excluding tert-OH is 14. The lowest BCUT2D eigenvalue weighted by Gasteiger charge is -2.67. The highest BCUT2D eigenvalue weighted by Crippen LogP contribution is 2.75. The molecule has 4 aliphatic heterocycles. The molecule has 0 radical (unpaired) electrons. The van der Waals surface area contributed by atoms with E-state index in [2.05, 4.69) is 47.6 Å². The van der Waals surface area contributed by atoms with Crippen molar-refractivity contribution in [2.24, 2.45) is 45.3 Å². The van der Waals surface area contributed by atoms with Gasteiger partial charge in [-0.3, -0.25) is 0 Å². The Labute approximate surface area is 450 Å². The minimum absolute atomic E-state index is 0.0331. The first-order chi connectivity index (χ1) is 35.9. The van der Waals surface area contributed by atoms with Gasteiger partial charge in [-0.1, -0.05) is 53.2 Å². The Morgan fingerprint density at radius 2 is 1.12 bits per heavy atom. The van der Waals surface area contributed by atoms with Crippen molar-refractivity contribution in [3.63, 3.8) is 0 Å². The Bertz CT molecular complexity index is 2000. The van der Waals surface area contributed by atoms with Gasteiger partial charge in [-0.2, -0.15) is 0 Å². The second kappa shape index (κ2) is 23.1. The maximum Gasteiger partial charge on any atom is 0.187 e. The van der Waals surface area contributed by atoms with Crippen LogP contribution in [0.5, 0.6) is 0 Å². The Balaban J connectivity index is 0.942. The molecule has 446 valence electrons. The van der Waals surface area contributed by atoms with Gasteiger partial charge in [0.15, 0.2) is 25.2 Å². The van der Waals surface area contributed by atoms with Crippen molar-refractivity contribution in [2.75, 3.05) is 19.8 Å². The van der Waals surface area contributed by atoms with Crippen LogP contribution in [0, 0.1) is 45.3 Å². The zero-order chi connectivity index (χ0) is 56.8. The van der Waals surface area contributed by atoms with E-state index in [1.807, 2.05) is 0 Å². The van der Waals surface area contributed by atoms with Gasteiger partial charge in [-0.15, -0.1) is 0 Å². The van der Waals surface area contributed by atoms with Gasteiger partial charge in [0.1, 0.15) is 91.6 Å². The van der Waals surface area contributed by atoms with Crippen molar-refractivity contribution in [1.29, 1.82) is 0 Å². The first kappa shape index (κ1) is 61.9. The van der Waals surface area contributed by atoms with E-state index in [0.29, 0.717) is 32.1 Å². The Morgan fingerprint density at radius 3 is 1.68 bits per heavy atom. The van der Waals surface area contributed by atoms with E-state index in [-0.39, 0.29) is 34.5 Å². The van der Waals surface area contributed by atoms with Crippen LogP contribution in [-0.2, 0) is 37.9 Å². The lowest BCUT2D eigenvalue weighted by Crippen LogP contribution is -2.66. The summed E-state index contributed by atoms with van der Waals surface area (Å²) in [6.45, 7) is 15.8. The summed E-state index contributed by atoms with van der Waals surface area (Å²) in [5.41, 5.74) is -1.81. The van der Waals surface area contributed by atoms with Crippen LogP contribution < -0.4 is 0 Å². The normalized spacial score (nSPS) is 51.9. The van der Waals surface area contributed by atoms with Gasteiger partial charge >= 0.3 is 0 Å². The molecule has 7 fully saturated rings. The smallest absolute Gasteiger partial charge is 0.187 e. The van der Waals surface area contributed by atoms with Gasteiger partial charge < -0.3 is 114 Å². The highest BCUT2D eigenvalue weighted by atomic mass is 16.8. The molecule has 0 spiro atoms. The molecule has 3 saturated carbocycles. The Kier molecular flexibility index (Phi) is 18.6. The zero-order valence-electron chi connectivity index (χ0n) is 45.9. The van der Waals surface area contributed by atoms with Crippen LogP contribution in [-0.4, -0.2) is 243 Å². The molecular weight excluding hydrogens is 1020 g/mol. The minimum Gasteiger partial charge on any atom is -0.394 e. The SMILES string of the molecule is C[C@H](CC[C@@H](O[C@@H]1O[C@H](C)[C@@H](O)[C@H](O)[C@H]1O[C@H]1O[C@@H](CO)[C@H](O[C@H]2O[C@H](CO)[C@@H](O)[C@H](O)[C@H]2O)[C@@H](O)[C@@H]1O)C(C)(C)O)C1CC[C@@]2(C)C3CC=C4C(CC[C@H](O[C@@H]5O[C@H](CO)[C@@H](O)[C@H](O)[C@H]5O)C4(C)C)[C@]3(C)[C@H](O)C[C@]12C. The standard InChI is InChI=1S/C54H92O23/c1-22(24-16-17-52(7)30-13-11-25-26(54(30,9)31(58)18-53(24,52)8)12-15-32(50(25,3)4)74-46-41(66)37(62)35(60)27(19-55)71-46)10-14-33(51(5,6)69)75-49-45(39(64)34(59)23(2)70-49)77-48-43(68)40(65)44(29(21-57)73-48)76-47-42(67)38(63)36(61)28(20-56)72-47/h11,22-24,26-49,55-69H,10,12-21H2,1-9H3/t22-,23-,24?,26?,27-,28-,29+,30?,31-,32+,33-,34-,35-,36-,37+,38+,39+,40+,41-,42-,43+,44+,45-,46+,47-,48-,49+,52+,53-,54+/m1/s1. The molecule has 23 heteroatoms. The molecule has 8 rings (SSSR count). The summed E-state index contributed by atoms with van der Waals surface area (Å²) in [5, 5.41) is 162. The third-order valence-electron chi connectivity index (χ3n) is 20.8. The lowest BCUT2D eigenvalue weighted by atomic mass is 9.38. The van der Waals surface area contributed by atoms with E-state index < -0.39 is 177 Å². The topological polar surface area (TPSA) is 377 Å². The van der Waals surface area contributed by atoms with Crippen molar-refractivity contribution in [1.82, 2.24) is 0 Å². The largest absolute Gasteiger partial charge is 0.394 e. The second-order valence-electron chi connectivity index (χ2n) is 25.8. The molecule has 4 saturated heterocycles. The lowest BCUT2D eigenvalue weighted by molar-refractivity contribution is -0.387. The molecule has 15 N–H and O–H groups in total.